The Hall–Kier alpha value is -0.240. The van der Waals surface area contributed by atoms with Crippen LogP contribution in [0, 0.1) is 0 Å². The highest BCUT2D eigenvalue weighted by molar-refractivity contribution is 4.73. The van der Waals surface area contributed by atoms with Crippen LogP contribution in [0.15, 0.2) is 0 Å². The zero-order chi connectivity index (χ0) is 19.5. The van der Waals surface area contributed by atoms with E-state index in [0.29, 0.717) is 0 Å². The number of hydrogen-bond donors (Lipinski definition) is 0. The fourth-order valence-corrected chi connectivity index (χ4v) is 3.31. The van der Waals surface area contributed by atoms with Crippen LogP contribution in [0.25, 0.3) is 0 Å². The lowest BCUT2D eigenvalue weighted by Crippen LogP contribution is -2.48. The number of piperazine rings is 2. The first kappa shape index (κ1) is 26.8. The Morgan fingerprint density at radius 2 is 0.815 bits per heavy atom. The molecule has 3 aliphatic rings. The molecule has 6 nitrogen and oxygen atoms in total. The maximum absolute atomic E-state index is 2.40. The smallest absolute Gasteiger partial charge is 0.0192 e. The zero-order valence-corrected chi connectivity index (χ0v) is 18.7. The molecule has 0 aliphatic carbocycles. The van der Waals surface area contributed by atoms with Crippen molar-refractivity contribution in [2.75, 3.05) is 114 Å². The van der Waals surface area contributed by atoms with Gasteiger partial charge in [0.05, 0.1) is 0 Å². The Morgan fingerprint density at radius 3 is 1.15 bits per heavy atom. The first-order valence-electron chi connectivity index (χ1n) is 10.4. The molecule has 0 bridgehead atoms. The summed E-state index contributed by atoms with van der Waals surface area (Å²) in [4.78, 5) is 14.3. The van der Waals surface area contributed by atoms with Crippen LogP contribution in [0.5, 0.6) is 0 Å². The molecule has 3 rings (SSSR count). The molecule has 1 unspecified atom stereocenters. The van der Waals surface area contributed by atoms with Crippen molar-refractivity contribution in [3.05, 3.63) is 0 Å². The van der Waals surface area contributed by atoms with Crippen molar-refractivity contribution in [2.45, 2.75) is 26.8 Å². The van der Waals surface area contributed by atoms with Crippen LogP contribution in [0.1, 0.15) is 20.8 Å². The lowest BCUT2D eigenvalue weighted by atomic mass is 10.2. The molecule has 0 N–H and O–H groups in total. The molecule has 3 heterocycles. The van der Waals surface area contributed by atoms with Crippen molar-refractivity contribution in [1.82, 2.24) is 29.4 Å². The van der Waals surface area contributed by atoms with E-state index in [9.17, 15) is 0 Å². The summed E-state index contributed by atoms with van der Waals surface area (Å²) in [5, 5.41) is 0. The van der Waals surface area contributed by atoms with Gasteiger partial charge in [0.1, 0.15) is 0 Å². The molecular weight excluding hydrogens is 336 g/mol. The van der Waals surface area contributed by atoms with Gasteiger partial charge < -0.3 is 29.4 Å². The number of rotatable bonds is 0. The number of likely N-dealkylation sites (N-methyl/N-ethyl adjacent to an activating group) is 6. The number of nitrogens with zero attached hydrogens (tertiary/aromatic N) is 6. The monoisotopic (exact) mass is 386 g/mol. The largest absolute Gasteiger partial charge is 0.305 e. The maximum Gasteiger partial charge on any atom is 0.0192 e. The second-order valence-electron chi connectivity index (χ2n) is 8.66. The zero-order valence-electron chi connectivity index (χ0n) is 18.7. The van der Waals surface area contributed by atoms with Gasteiger partial charge in [-0.2, -0.15) is 0 Å². The van der Waals surface area contributed by atoms with E-state index in [1.807, 2.05) is 0 Å². The Kier molecular flexibility index (Phi) is 14.6. The minimum atomic E-state index is 0. The highest BCUT2D eigenvalue weighted by Gasteiger charge is 2.16. The first-order valence-corrected chi connectivity index (χ1v) is 10.4. The predicted octanol–water partition coefficient (Wildman–Crippen LogP) is 1.01. The van der Waals surface area contributed by atoms with Gasteiger partial charge in [-0.3, -0.25) is 0 Å². The molecule has 0 aromatic carbocycles. The third kappa shape index (κ3) is 12.8. The standard InChI is InChI=1S/2C7H16N2.C6H14N2.CH4/c1-7-6-8(2)4-5-9(7)3;1-8-4-3-5-9(2)7-6-8;1-7-3-5-8(2)6-4-7;/h7H,4-6H2,1-3H3;3-7H2,1-2H3;3-6H2,1-2H3;1H4. The van der Waals surface area contributed by atoms with Crippen molar-refractivity contribution >= 4 is 0 Å². The van der Waals surface area contributed by atoms with Crippen molar-refractivity contribution in [3.8, 4) is 0 Å². The highest BCUT2D eigenvalue weighted by atomic mass is 15.3. The van der Waals surface area contributed by atoms with E-state index in [-0.39, 0.29) is 7.43 Å². The quantitative estimate of drug-likeness (QED) is 0.614. The fourth-order valence-electron chi connectivity index (χ4n) is 3.31. The Labute approximate surface area is 171 Å². The summed E-state index contributed by atoms with van der Waals surface area (Å²) in [7, 11) is 13.1. The summed E-state index contributed by atoms with van der Waals surface area (Å²) >= 11 is 0. The molecule has 164 valence electrons. The molecule has 0 spiro atoms. The summed E-state index contributed by atoms with van der Waals surface area (Å²) in [6, 6.07) is 0.740. The van der Waals surface area contributed by atoms with Crippen molar-refractivity contribution in [1.29, 1.82) is 0 Å². The molecule has 0 aromatic rings. The molecular formula is C21H50N6. The fraction of sp³-hybridized carbons (Fsp3) is 1.00. The third-order valence-corrected chi connectivity index (χ3v) is 5.83. The van der Waals surface area contributed by atoms with Gasteiger partial charge in [0.2, 0.25) is 0 Å². The van der Waals surface area contributed by atoms with Gasteiger partial charge in [-0.1, -0.05) is 7.43 Å². The summed E-state index contributed by atoms with van der Waals surface area (Å²) in [6.45, 7) is 15.9. The summed E-state index contributed by atoms with van der Waals surface area (Å²) in [6.07, 6.45) is 1.33. The Balaban J connectivity index is 0.000000369. The van der Waals surface area contributed by atoms with Gasteiger partial charge in [0.15, 0.2) is 0 Å². The molecule has 3 saturated heterocycles. The first-order chi connectivity index (χ1) is 12.3. The van der Waals surface area contributed by atoms with Crippen LogP contribution < -0.4 is 0 Å². The lowest BCUT2D eigenvalue weighted by Gasteiger charge is -2.35. The molecule has 0 radical (unpaired) electrons. The summed E-state index contributed by atoms with van der Waals surface area (Å²) in [5.41, 5.74) is 0. The SMILES string of the molecule is C.CC1CN(C)CCN1C.CN1CCCN(C)CC1.CN1CCN(C)CC1. The molecule has 0 aromatic heterocycles. The minimum Gasteiger partial charge on any atom is -0.305 e. The molecule has 0 amide bonds. The van der Waals surface area contributed by atoms with E-state index >= 15 is 0 Å². The maximum atomic E-state index is 2.40. The topological polar surface area (TPSA) is 19.4 Å². The van der Waals surface area contributed by atoms with Gasteiger partial charge in [0, 0.05) is 64.9 Å². The summed E-state index contributed by atoms with van der Waals surface area (Å²) in [5.74, 6) is 0. The van der Waals surface area contributed by atoms with E-state index in [4.69, 9.17) is 0 Å². The highest BCUT2D eigenvalue weighted by Crippen LogP contribution is 2.03. The van der Waals surface area contributed by atoms with E-state index in [1.165, 1.54) is 78.4 Å². The second kappa shape index (κ2) is 14.7. The number of hydrogen-bond acceptors (Lipinski definition) is 6. The molecule has 3 fully saturated rings. The van der Waals surface area contributed by atoms with E-state index < -0.39 is 0 Å². The Bertz CT molecular complexity index is 323. The van der Waals surface area contributed by atoms with E-state index in [0.717, 1.165) is 6.04 Å². The average Bonchev–Trinajstić information content (AvgIpc) is 2.79. The normalized spacial score (nSPS) is 27.4. The second-order valence-corrected chi connectivity index (χ2v) is 8.66. The minimum absolute atomic E-state index is 0. The summed E-state index contributed by atoms with van der Waals surface area (Å²) < 4.78 is 0. The third-order valence-electron chi connectivity index (χ3n) is 5.83. The van der Waals surface area contributed by atoms with Gasteiger partial charge >= 0.3 is 0 Å². The molecule has 1 atom stereocenters. The van der Waals surface area contributed by atoms with E-state index in [1.54, 1.807) is 0 Å². The van der Waals surface area contributed by atoms with Crippen LogP contribution in [0.3, 0.4) is 0 Å². The van der Waals surface area contributed by atoms with Crippen molar-refractivity contribution in [3.63, 3.8) is 0 Å². The van der Waals surface area contributed by atoms with Crippen LogP contribution in [-0.4, -0.2) is 150 Å². The molecule has 27 heavy (non-hydrogen) atoms. The molecule has 3 aliphatic heterocycles. The van der Waals surface area contributed by atoms with Crippen LogP contribution in [-0.2, 0) is 0 Å². The van der Waals surface area contributed by atoms with Crippen LogP contribution in [0.4, 0.5) is 0 Å². The van der Waals surface area contributed by atoms with Gasteiger partial charge in [-0.25, -0.2) is 0 Å². The van der Waals surface area contributed by atoms with Crippen molar-refractivity contribution in [2.24, 2.45) is 0 Å². The molecule has 0 saturated carbocycles. The van der Waals surface area contributed by atoms with Crippen LogP contribution in [0.2, 0.25) is 0 Å². The average molecular weight is 387 g/mol. The van der Waals surface area contributed by atoms with Gasteiger partial charge in [-0.15, -0.1) is 0 Å². The predicted molar refractivity (Wildman–Crippen MR) is 121 cm³/mol. The van der Waals surface area contributed by atoms with Gasteiger partial charge in [0.25, 0.3) is 0 Å². The van der Waals surface area contributed by atoms with Gasteiger partial charge in [-0.05, 0) is 68.7 Å². The van der Waals surface area contributed by atoms with Crippen LogP contribution >= 0.6 is 0 Å². The van der Waals surface area contributed by atoms with Crippen molar-refractivity contribution < 1.29 is 0 Å². The lowest BCUT2D eigenvalue weighted by molar-refractivity contribution is 0.125. The van der Waals surface area contributed by atoms with E-state index in [2.05, 4.69) is 78.6 Å². The molecule has 6 heteroatoms. The Morgan fingerprint density at radius 1 is 0.481 bits per heavy atom.